The quantitative estimate of drug-likeness (QED) is 0.383. The van der Waals surface area contributed by atoms with Gasteiger partial charge in [-0.05, 0) is 107 Å². The average Bonchev–Trinajstić information content (AvgIpc) is 3.62. The first-order chi connectivity index (χ1) is 17.4. The number of hydrazone groups is 1. The van der Waals surface area contributed by atoms with Crippen LogP contribution in [0.25, 0.3) is 0 Å². The zero-order chi connectivity index (χ0) is 24.8. The molecule has 36 heavy (non-hydrogen) atoms. The molecule has 6 rings (SSSR count). The number of ether oxygens (including phenoxy) is 1. The van der Waals surface area contributed by atoms with Crippen molar-refractivity contribution < 1.29 is 9.84 Å². The molecule has 202 valence electrons. The minimum atomic E-state index is -0.563. The maximum atomic E-state index is 12.4. The van der Waals surface area contributed by atoms with E-state index in [1.54, 1.807) is 0 Å². The van der Waals surface area contributed by atoms with Gasteiger partial charge in [0.25, 0.3) is 0 Å². The largest absolute Gasteiger partial charge is 0.389 e. The van der Waals surface area contributed by atoms with E-state index in [0.29, 0.717) is 29.3 Å². The van der Waals surface area contributed by atoms with Gasteiger partial charge in [-0.3, -0.25) is 0 Å². The van der Waals surface area contributed by atoms with E-state index in [0.717, 1.165) is 57.4 Å². The van der Waals surface area contributed by atoms with E-state index in [1.807, 2.05) is 0 Å². The van der Waals surface area contributed by atoms with Crippen LogP contribution in [-0.2, 0) is 4.74 Å². The molecule has 8 atom stereocenters. The molecule has 0 aromatic carbocycles. The third-order valence-electron chi connectivity index (χ3n) is 11.9. The molecule has 7 nitrogen and oxygen atoms in total. The second-order valence-electron chi connectivity index (χ2n) is 13.4. The zero-order valence-electron chi connectivity index (χ0n) is 22.7. The normalized spacial score (nSPS) is 46.8. The first-order valence-corrected chi connectivity index (χ1v) is 15.1. The summed E-state index contributed by atoms with van der Waals surface area (Å²) in [5, 5.41) is 20.1. The third-order valence-corrected chi connectivity index (χ3v) is 11.9. The Morgan fingerprint density at radius 2 is 1.97 bits per heavy atom. The molecule has 0 bridgehead atoms. The zero-order valence-corrected chi connectivity index (χ0v) is 22.7. The van der Waals surface area contributed by atoms with E-state index in [1.165, 1.54) is 64.5 Å². The Kier molecular flexibility index (Phi) is 6.87. The Morgan fingerprint density at radius 3 is 2.78 bits per heavy atom. The third kappa shape index (κ3) is 4.21. The second-order valence-corrected chi connectivity index (χ2v) is 13.4. The molecular formula is C29H49N5O2. The maximum Gasteiger partial charge on any atom is 0.212 e. The first-order valence-electron chi connectivity index (χ1n) is 15.1. The lowest BCUT2D eigenvalue weighted by molar-refractivity contribution is -0.207. The Bertz CT molecular complexity index is 859. The molecule has 0 aromatic rings. The second kappa shape index (κ2) is 9.85. The van der Waals surface area contributed by atoms with Crippen molar-refractivity contribution in [2.24, 2.45) is 44.6 Å². The molecule has 0 amide bonds. The topological polar surface area (TPSA) is 81.5 Å². The summed E-state index contributed by atoms with van der Waals surface area (Å²) >= 11 is 0. The summed E-state index contributed by atoms with van der Waals surface area (Å²) in [4.78, 5) is 6.93. The number of hydrogen-bond donors (Lipinski definition) is 3. The number of fused-ring (bicyclic) bond motifs is 5. The van der Waals surface area contributed by atoms with Crippen molar-refractivity contribution in [1.29, 1.82) is 0 Å². The number of nitrogens with one attached hydrogen (secondary N) is 2. The van der Waals surface area contributed by atoms with Gasteiger partial charge in [-0.15, -0.1) is 0 Å². The predicted molar refractivity (Wildman–Crippen MR) is 144 cm³/mol. The van der Waals surface area contributed by atoms with Gasteiger partial charge in [-0.2, -0.15) is 5.10 Å². The Balaban J connectivity index is 1.09. The number of hydrogen-bond acceptors (Lipinski definition) is 7. The van der Waals surface area contributed by atoms with Gasteiger partial charge in [-0.1, -0.05) is 13.8 Å². The molecular weight excluding hydrogens is 450 g/mol. The van der Waals surface area contributed by atoms with Crippen LogP contribution in [-0.4, -0.2) is 73.2 Å². The summed E-state index contributed by atoms with van der Waals surface area (Å²) in [6, 6.07) is 0. The molecule has 0 radical (unpaired) electrons. The molecule has 1 saturated heterocycles. The number of rotatable bonds is 6. The highest BCUT2D eigenvalue weighted by Gasteiger charge is 2.67. The standard InChI is InChI=1S/C29H49N5O2/c1-27-10-8-23(36-18-17-34-15-3-4-16-34)19-21(27)5-6-25-24(27)9-11-28(2)22(7-12-29(25,28)35)20-32-33-26-30-13-14-31-26/h20-25,35H,3-19H2,1-2H3,(H2,30,31,33)/b32-20+/t21-,22-,23+,24+,25-,27+,28-,29+/m1/s1. The fourth-order valence-corrected chi connectivity index (χ4v) is 9.63. The number of guanidine groups is 1. The highest BCUT2D eigenvalue weighted by molar-refractivity contribution is 5.81. The van der Waals surface area contributed by atoms with Crippen molar-refractivity contribution in [3.8, 4) is 0 Å². The van der Waals surface area contributed by atoms with E-state index >= 15 is 0 Å². The number of aliphatic imine (C=N–C) groups is 1. The highest BCUT2D eigenvalue weighted by atomic mass is 16.5. The Hall–Kier alpha value is -1.18. The van der Waals surface area contributed by atoms with Crippen LogP contribution in [0.5, 0.6) is 0 Å². The summed E-state index contributed by atoms with van der Waals surface area (Å²) in [6.45, 7) is 11.2. The smallest absolute Gasteiger partial charge is 0.212 e. The van der Waals surface area contributed by atoms with E-state index in [4.69, 9.17) is 4.74 Å². The molecule has 0 unspecified atom stereocenters. The van der Waals surface area contributed by atoms with Gasteiger partial charge in [0.1, 0.15) is 0 Å². The molecule has 6 aliphatic rings. The number of nitrogens with zero attached hydrogens (tertiary/aromatic N) is 3. The summed E-state index contributed by atoms with van der Waals surface area (Å²) in [7, 11) is 0. The SMILES string of the molecule is C[C@]12CC[C@H](OCCN3CCCC3)C[C@H]1CC[C@@H]1[C@@H]2CC[C@]2(C)[C@@H](/C=N/NC3=NCCN3)CC[C@]12O. The Labute approximate surface area is 217 Å². The average molecular weight is 500 g/mol. The minimum absolute atomic E-state index is 0.0800. The van der Waals surface area contributed by atoms with Gasteiger partial charge in [0.05, 0.1) is 24.9 Å². The molecule has 2 heterocycles. The van der Waals surface area contributed by atoms with Crippen LogP contribution >= 0.6 is 0 Å². The molecule has 4 saturated carbocycles. The lowest BCUT2D eigenvalue weighted by atomic mass is 9.43. The summed E-state index contributed by atoms with van der Waals surface area (Å²) in [5.74, 6) is 2.92. The van der Waals surface area contributed by atoms with Crippen LogP contribution in [0, 0.1) is 34.5 Å². The van der Waals surface area contributed by atoms with Gasteiger partial charge in [0.2, 0.25) is 5.96 Å². The molecule has 3 N–H and O–H groups in total. The van der Waals surface area contributed by atoms with Gasteiger partial charge >= 0.3 is 0 Å². The predicted octanol–water partition coefficient (Wildman–Crippen LogP) is 3.78. The van der Waals surface area contributed by atoms with Crippen LogP contribution in [0.1, 0.15) is 84.5 Å². The fraction of sp³-hybridized carbons (Fsp3) is 0.931. The monoisotopic (exact) mass is 499 g/mol. The first kappa shape index (κ1) is 25.1. The Morgan fingerprint density at radius 1 is 1.11 bits per heavy atom. The molecule has 5 fully saturated rings. The van der Waals surface area contributed by atoms with Crippen molar-refractivity contribution in [1.82, 2.24) is 15.6 Å². The van der Waals surface area contributed by atoms with Gasteiger partial charge in [0, 0.05) is 30.6 Å². The molecule has 4 aliphatic carbocycles. The van der Waals surface area contributed by atoms with Gasteiger partial charge < -0.3 is 20.1 Å². The van der Waals surface area contributed by atoms with E-state index in [2.05, 4.69) is 45.8 Å². The maximum absolute atomic E-state index is 12.4. The van der Waals surface area contributed by atoms with E-state index in [9.17, 15) is 5.11 Å². The van der Waals surface area contributed by atoms with Gasteiger partial charge in [0.15, 0.2) is 0 Å². The van der Waals surface area contributed by atoms with Crippen LogP contribution in [0.3, 0.4) is 0 Å². The summed E-state index contributed by atoms with van der Waals surface area (Å²) in [6.07, 6.45) is 15.7. The summed E-state index contributed by atoms with van der Waals surface area (Å²) < 4.78 is 6.44. The van der Waals surface area contributed by atoms with Crippen LogP contribution in [0.4, 0.5) is 0 Å². The fourth-order valence-electron chi connectivity index (χ4n) is 9.63. The molecule has 7 heteroatoms. The number of likely N-dealkylation sites (tertiary alicyclic amines) is 1. The van der Waals surface area contributed by atoms with Crippen molar-refractivity contribution in [3.63, 3.8) is 0 Å². The lowest BCUT2D eigenvalue weighted by Crippen LogP contribution is -2.62. The summed E-state index contributed by atoms with van der Waals surface area (Å²) in [5.41, 5.74) is 2.79. The molecule has 0 spiro atoms. The van der Waals surface area contributed by atoms with E-state index in [-0.39, 0.29) is 5.41 Å². The lowest BCUT2D eigenvalue weighted by Gasteiger charge is -2.63. The van der Waals surface area contributed by atoms with Crippen LogP contribution < -0.4 is 10.7 Å². The minimum Gasteiger partial charge on any atom is -0.389 e. The van der Waals surface area contributed by atoms with Crippen molar-refractivity contribution in [2.45, 2.75) is 96.2 Å². The van der Waals surface area contributed by atoms with Gasteiger partial charge in [-0.25, -0.2) is 10.4 Å². The number of aliphatic hydroxyl groups is 1. The van der Waals surface area contributed by atoms with Crippen LogP contribution in [0.2, 0.25) is 0 Å². The highest BCUT2D eigenvalue weighted by Crippen LogP contribution is 2.68. The van der Waals surface area contributed by atoms with E-state index < -0.39 is 5.60 Å². The van der Waals surface area contributed by atoms with Crippen LogP contribution in [0.15, 0.2) is 10.1 Å². The van der Waals surface area contributed by atoms with Crippen molar-refractivity contribution >= 4 is 12.2 Å². The van der Waals surface area contributed by atoms with Crippen molar-refractivity contribution in [2.75, 3.05) is 39.3 Å². The van der Waals surface area contributed by atoms with Crippen molar-refractivity contribution in [3.05, 3.63) is 0 Å². The molecule has 0 aromatic heterocycles. The molecule has 2 aliphatic heterocycles.